The van der Waals surface area contributed by atoms with Gasteiger partial charge >= 0.3 is 0 Å². The first-order valence-corrected chi connectivity index (χ1v) is 4.36. The maximum Gasteiger partial charge on any atom is 0.0634 e. The molecule has 0 unspecified atom stereocenters. The Morgan fingerprint density at radius 2 is 1.92 bits per heavy atom. The fourth-order valence-corrected chi connectivity index (χ4v) is 0.845. The number of ether oxygens (including phenoxy) is 1. The molecule has 12 heavy (non-hydrogen) atoms. The second-order valence-corrected chi connectivity index (χ2v) is 3.74. The predicted octanol–water partition coefficient (Wildman–Crippen LogP) is 0.726. The molecule has 0 amide bonds. The van der Waals surface area contributed by atoms with Gasteiger partial charge in [0.05, 0.1) is 12.2 Å². The summed E-state index contributed by atoms with van der Waals surface area (Å²) in [6.45, 7) is 6.06. The van der Waals surface area contributed by atoms with Crippen molar-refractivity contribution in [1.82, 2.24) is 4.90 Å². The van der Waals surface area contributed by atoms with E-state index in [2.05, 4.69) is 18.7 Å². The molecule has 0 rings (SSSR count). The average Bonchev–Trinajstić information content (AvgIpc) is 2.02. The highest BCUT2D eigenvalue weighted by Gasteiger charge is 2.16. The molecule has 3 heteroatoms. The zero-order chi connectivity index (χ0) is 9.61. The third-order valence-electron chi connectivity index (χ3n) is 2.13. The molecular weight excluding hydrogens is 154 g/mol. The smallest absolute Gasteiger partial charge is 0.0634 e. The Morgan fingerprint density at radius 1 is 1.33 bits per heavy atom. The second-order valence-electron chi connectivity index (χ2n) is 3.74. The summed E-state index contributed by atoms with van der Waals surface area (Å²) in [5.41, 5.74) is -0.0519. The minimum absolute atomic E-state index is 0.0519. The summed E-state index contributed by atoms with van der Waals surface area (Å²) in [5, 5.41) is 8.65. The van der Waals surface area contributed by atoms with Crippen LogP contribution >= 0.6 is 0 Å². The molecule has 3 nitrogen and oxygen atoms in total. The number of hydrogen-bond donors (Lipinski definition) is 1. The van der Waals surface area contributed by atoms with Crippen LogP contribution in [0.1, 0.15) is 20.3 Å². The van der Waals surface area contributed by atoms with Crippen LogP contribution in [-0.4, -0.2) is 49.5 Å². The fraction of sp³-hybridized carbons (Fsp3) is 1.00. The highest BCUT2D eigenvalue weighted by molar-refractivity contribution is 4.69. The van der Waals surface area contributed by atoms with Gasteiger partial charge in [-0.15, -0.1) is 0 Å². The van der Waals surface area contributed by atoms with Gasteiger partial charge in [0.25, 0.3) is 0 Å². The van der Waals surface area contributed by atoms with Crippen LogP contribution in [0.5, 0.6) is 0 Å². The van der Waals surface area contributed by atoms with E-state index in [1.807, 2.05) is 7.05 Å². The van der Waals surface area contributed by atoms with Crippen LogP contribution in [0.4, 0.5) is 0 Å². The Labute approximate surface area is 75.3 Å². The van der Waals surface area contributed by atoms with E-state index in [0.29, 0.717) is 0 Å². The topological polar surface area (TPSA) is 32.7 Å². The van der Waals surface area contributed by atoms with Gasteiger partial charge in [-0.25, -0.2) is 0 Å². The quantitative estimate of drug-likeness (QED) is 0.646. The lowest BCUT2D eigenvalue weighted by Crippen LogP contribution is -2.31. The van der Waals surface area contributed by atoms with Crippen molar-refractivity contribution in [3.8, 4) is 0 Å². The molecule has 0 aromatic carbocycles. The van der Waals surface area contributed by atoms with Crippen LogP contribution in [0.2, 0.25) is 0 Å². The predicted molar refractivity (Wildman–Crippen MR) is 50.3 cm³/mol. The Balaban J connectivity index is 3.52. The summed E-state index contributed by atoms with van der Waals surface area (Å²) in [6.07, 6.45) is 0.986. The number of rotatable bonds is 6. The first-order valence-electron chi connectivity index (χ1n) is 4.36. The van der Waals surface area contributed by atoms with E-state index in [1.165, 1.54) is 0 Å². The highest BCUT2D eigenvalue weighted by Crippen LogP contribution is 2.12. The third kappa shape index (κ3) is 5.52. The highest BCUT2D eigenvalue weighted by atomic mass is 16.5. The molecule has 0 heterocycles. The van der Waals surface area contributed by atoms with Crippen LogP contribution < -0.4 is 0 Å². The maximum atomic E-state index is 8.65. The molecule has 0 aliphatic carbocycles. The van der Waals surface area contributed by atoms with Crippen molar-refractivity contribution in [2.75, 3.05) is 33.9 Å². The van der Waals surface area contributed by atoms with E-state index in [0.717, 1.165) is 19.5 Å². The zero-order valence-corrected chi connectivity index (χ0v) is 8.63. The van der Waals surface area contributed by atoms with Crippen LogP contribution in [0, 0.1) is 0 Å². The lowest BCUT2D eigenvalue weighted by Gasteiger charge is -2.25. The van der Waals surface area contributed by atoms with Crippen molar-refractivity contribution < 1.29 is 9.84 Å². The first-order chi connectivity index (χ1) is 5.52. The van der Waals surface area contributed by atoms with Crippen molar-refractivity contribution in [1.29, 1.82) is 0 Å². The Hall–Kier alpha value is -0.120. The molecule has 0 aromatic heterocycles. The number of nitrogens with zero attached hydrogens (tertiary/aromatic N) is 1. The fourth-order valence-electron chi connectivity index (χ4n) is 0.845. The number of aliphatic hydroxyl groups excluding tert-OH is 1. The lowest BCUT2D eigenvalue weighted by molar-refractivity contribution is 0.00831. The third-order valence-corrected chi connectivity index (χ3v) is 2.13. The summed E-state index contributed by atoms with van der Waals surface area (Å²) in [6, 6.07) is 0. The molecule has 74 valence electrons. The van der Waals surface area contributed by atoms with Gasteiger partial charge in [-0.1, -0.05) is 0 Å². The molecule has 0 bridgehead atoms. The molecule has 0 spiro atoms. The maximum absolute atomic E-state index is 8.65. The number of aliphatic hydroxyl groups is 1. The normalized spacial score (nSPS) is 12.5. The summed E-state index contributed by atoms with van der Waals surface area (Å²) < 4.78 is 5.28. The summed E-state index contributed by atoms with van der Waals surface area (Å²) >= 11 is 0. The average molecular weight is 175 g/mol. The van der Waals surface area contributed by atoms with Crippen LogP contribution in [0.25, 0.3) is 0 Å². The Kier molecular flexibility index (Phi) is 5.46. The molecular formula is C9H21NO2. The Morgan fingerprint density at radius 3 is 2.33 bits per heavy atom. The molecule has 0 aromatic rings. The van der Waals surface area contributed by atoms with E-state index in [1.54, 1.807) is 7.11 Å². The van der Waals surface area contributed by atoms with Crippen LogP contribution in [-0.2, 0) is 4.74 Å². The molecule has 0 aliphatic heterocycles. The monoisotopic (exact) mass is 175 g/mol. The summed E-state index contributed by atoms with van der Waals surface area (Å²) in [5.74, 6) is 0. The van der Waals surface area contributed by atoms with Crippen molar-refractivity contribution in [3.05, 3.63) is 0 Å². The van der Waals surface area contributed by atoms with E-state index in [9.17, 15) is 0 Å². The molecule has 0 radical (unpaired) electrons. The number of likely N-dealkylation sites (N-methyl/N-ethyl adjacent to an activating group) is 1. The molecule has 1 N–H and O–H groups in total. The summed E-state index contributed by atoms with van der Waals surface area (Å²) in [4.78, 5) is 2.10. The van der Waals surface area contributed by atoms with Crippen LogP contribution in [0.15, 0.2) is 0 Å². The number of methoxy groups -OCH3 is 1. The van der Waals surface area contributed by atoms with Crippen molar-refractivity contribution >= 4 is 0 Å². The van der Waals surface area contributed by atoms with Gasteiger partial charge in [0, 0.05) is 20.2 Å². The minimum atomic E-state index is -0.0519. The van der Waals surface area contributed by atoms with Gasteiger partial charge in [0.1, 0.15) is 0 Å². The van der Waals surface area contributed by atoms with E-state index in [-0.39, 0.29) is 12.2 Å². The first kappa shape index (κ1) is 11.9. The second kappa shape index (κ2) is 5.51. The standard InChI is InChI=1S/C9H21NO2/c1-9(2,12-4)5-6-10(3)7-8-11/h11H,5-8H2,1-4H3. The zero-order valence-electron chi connectivity index (χ0n) is 8.63. The van der Waals surface area contributed by atoms with Crippen LogP contribution in [0.3, 0.4) is 0 Å². The van der Waals surface area contributed by atoms with Crippen molar-refractivity contribution in [2.45, 2.75) is 25.9 Å². The molecule has 0 saturated carbocycles. The van der Waals surface area contributed by atoms with E-state index in [4.69, 9.17) is 9.84 Å². The molecule has 0 saturated heterocycles. The summed E-state index contributed by atoms with van der Waals surface area (Å²) in [7, 11) is 3.73. The van der Waals surface area contributed by atoms with Gasteiger partial charge in [0.2, 0.25) is 0 Å². The minimum Gasteiger partial charge on any atom is -0.395 e. The van der Waals surface area contributed by atoms with E-state index < -0.39 is 0 Å². The molecule has 0 atom stereocenters. The SMILES string of the molecule is COC(C)(C)CCN(C)CCO. The van der Waals surface area contributed by atoms with Gasteiger partial charge < -0.3 is 14.7 Å². The molecule has 0 aliphatic rings. The van der Waals surface area contributed by atoms with Gasteiger partial charge in [0.15, 0.2) is 0 Å². The molecule has 0 fully saturated rings. The van der Waals surface area contributed by atoms with Gasteiger partial charge in [-0.05, 0) is 27.3 Å². The van der Waals surface area contributed by atoms with Crippen molar-refractivity contribution in [2.24, 2.45) is 0 Å². The van der Waals surface area contributed by atoms with Gasteiger partial charge in [-0.3, -0.25) is 0 Å². The van der Waals surface area contributed by atoms with Gasteiger partial charge in [-0.2, -0.15) is 0 Å². The largest absolute Gasteiger partial charge is 0.395 e. The van der Waals surface area contributed by atoms with Crippen molar-refractivity contribution in [3.63, 3.8) is 0 Å². The number of hydrogen-bond acceptors (Lipinski definition) is 3. The lowest BCUT2D eigenvalue weighted by atomic mass is 10.1. The van der Waals surface area contributed by atoms with E-state index >= 15 is 0 Å². The Bertz CT molecular complexity index is 115.